The van der Waals surface area contributed by atoms with E-state index in [0.717, 1.165) is 15.1 Å². The fourth-order valence-corrected chi connectivity index (χ4v) is 2.49. The predicted molar refractivity (Wildman–Crippen MR) is 60.3 cm³/mol. The van der Waals surface area contributed by atoms with Crippen molar-refractivity contribution in [2.24, 2.45) is 5.92 Å². The zero-order valence-corrected chi connectivity index (χ0v) is 10.2. The number of benzene rings is 1. The van der Waals surface area contributed by atoms with Gasteiger partial charge in [-0.25, -0.2) is 0 Å². The Bertz CT molecular complexity index is 292. The van der Waals surface area contributed by atoms with E-state index in [2.05, 4.69) is 29.8 Å². The average Bonchev–Trinajstić information content (AvgIpc) is 2.04. The molecule has 1 aromatic carbocycles. The van der Waals surface area contributed by atoms with Gasteiger partial charge in [0.05, 0.1) is 10.8 Å². The summed E-state index contributed by atoms with van der Waals surface area (Å²) in [5.74, 6) is 1.21. The van der Waals surface area contributed by atoms with Gasteiger partial charge in [0.25, 0.3) is 0 Å². The van der Waals surface area contributed by atoms with Crippen LogP contribution >= 0.6 is 15.9 Å². The summed E-state index contributed by atoms with van der Waals surface area (Å²) in [5, 5.41) is 0. The quantitative estimate of drug-likeness (QED) is 0.816. The fourth-order valence-electron chi connectivity index (χ4n) is 0.985. The monoisotopic (exact) mass is 260 g/mol. The van der Waals surface area contributed by atoms with Crippen molar-refractivity contribution < 1.29 is 4.21 Å². The van der Waals surface area contributed by atoms with Crippen molar-refractivity contribution in [3.8, 4) is 0 Å². The van der Waals surface area contributed by atoms with Crippen LogP contribution in [0.4, 0.5) is 0 Å². The van der Waals surface area contributed by atoms with Crippen LogP contribution in [0, 0.1) is 5.92 Å². The van der Waals surface area contributed by atoms with E-state index in [4.69, 9.17) is 0 Å². The second-order valence-corrected chi connectivity index (χ2v) is 5.77. The third kappa shape index (κ3) is 3.61. The van der Waals surface area contributed by atoms with E-state index in [1.807, 2.05) is 24.3 Å². The van der Waals surface area contributed by atoms with Crippen LogP contribution in [0.3, 0.4) is 0 Å². The Morgan fingerprint density at radius 3 is 2.31 bits per heavy atom. The Morgan fingerprint density at radius 1 is 1.31 bits per heavy atom. The Morgan fingerprint density at radius 2 is 1.85 bits per heavy atom. The third-order valence-corrected chi connectivity index (χ3v) is 3.86. The molecule has 13 heavy (non-hydrogen) atoms. The van der Waals surface area contributed by atoms with Gasteiger partial charge in [0, 0.05) is 15.1 Å². The summed E-state index contributed by atoms with van der Waals surface area (Å²) in [4.78, 5) is 0.914. The van der Waals surface area contributed by atoms with E-state index in [0.29, 0.717) is 5.92 Å². The summed E-state index contributed by atoms with van der Waals surface area (Å²) in [5.41, 5.74) is 0. The van der Waals surface area contributed by atoms with Gasteiger partial charge in [-0.15, -0.1) is 0 Å². The van der Waals surface area contributed by atoms with Crippen LogP contribution in [0.5, 0.6) is 0 Å². The second-order valence-electron chi connectivity index (χ2n) is 3.36. The standard InChI is InChI=1S/C10H13BrOS/c1-8(2)7-13(12)10-5-3-9(11)4-6-10/h3-6,8H,7H2,1-2H3/t13-/m1/s1. The Kier molecular flexibility index (Phi) is 4.13. The SMILES string of the molecule is CC(C)C[S@@](=O)c1ccc(Br)cc1. The third-order valence-electron chi connectivity index (χ3n) is 1.56. The molecule has 0 fully saturated rings. The number of halogens is 1. The highest BCUT2D eigenvalue weighted by Gasteiger charge is 2.05. The van der Waals surface area contributed by atoms with Gasteiger partial charge in [0.15, 0.2) is 0 Å². The van der Waals surface area contributed by atoms with Crippen LogP contribution < -0.4 is 0 Å². The largest absolute Gasteiger partial charge is 0.254 e. The summed E-state index contributed by atoms with van der Waals surface area (Å²) >= 11 is 3.35. The van der Waals surface area contributed by atoms with Crippen LogP contribution in [0.1, 0.15) is 13.8 Å². The molecule has 0 N–H and O–H groups in total. The molecule has 0 aliphatic rings. The van der Waals surface area contributed by atoms with Gasteiger partial charge in [-0.3, -0.25) is 4.21 Å². The maximum Gasteiger partial charge on any atom is 0.0532 e. The molecule has 0 heterocycles. The molecule has 1 rings (SSSR count). The lowest BCUT2D eigenvalue weighted by Crippen LogP contribution is -2.04. The summed E-state index contributed by atoms with van der Waals surface area (Å²) in [6.45, 7) is 4.16. The van der Waals surface area contributed by atoms with E-state index < -0.39 is 10.8 Å². The Balaban J connectivity index is 2.72. The van der Waals surface area contributed by atoms with Gasteiger partial charge in [-0.05, 0) is 30.2 Å². The minimum Gasteiger partial charge on any atom is -0.254 e. The first-order valence-corrected chi connectivity index (χ1v) is 6.34. The Hall–Kier alpha value is -0.150. The summed E-state index contributed by atoms with van der Waals surface area (Å²) in [6, 6.07) is 7.66. The smallest absolute Gasteiger partial charge is 0.0532 e. The molecule has 72 valence electrons. The highest BCUT2D eigenvalue weighted by atomic mass is 79.9. The van der Waals surface area contributed by atoms with Crippen LogP contribution in [-0.2, 0) is 10.8 Å². The summed E-state index contributed by atoms with van der Waals surface area (Å²) < 4.78 is 12.7. The molecule has 0 unspecified atom stereocenters. The minimum atomic E-state index is -0.843. The zero-order valence-electron chi connectivity index (χ0n) is 7.79. The highest BCUT2D eigenvalue weighted by molar-refractivity contribution is 9.10. The lowest BCUT2D eigenvalue weighted by molar-refractivity contribution is 0.665. The molecule has 0 bridgehead atoms. The molecular weight excluding hydrogens is 248 g/mol. The second kappa shape index (κ2) is 4.91. The molecule has 0 amide bonds. The zero-order chi connectivity index (χ0) is 9.84. The molecule has 1 nitrogen and oxygen atoms in total. The van der Waals surface area contributed by atoms with Crippen molar-refractivity contribution in [3.63, 3.8) is 0 Å². The van der Waals surface area contributed by atoms with Crippen LogP contribution in [0.2, 0.25) is 0 Å². The van der Waals surface area contributed by atoms with E-state index in [9.17, 15) is 4.21 Å². The number of hydrogen-bond acceptors (Lipinski definition) is 1. The van der Waals surface area contributed by atoms with Crippen molar-refractivity contribution >= 4 is 26.7 Å². The molecule has 0 spiro atoms. The first-order valence-electron chi connectivity index (χ1n) is 4.23. The van der Waals surface area contributed by atoms with Gasteiger partial charge in [0.1, 0.15) is 0 Å². The molecule has 3 heteroatoms. The maximum absolute atomic E-state index is 11.7. The Labute approximate surface area is 90.1 Å². The molecule has 0 saturated heterocycles. The fraction of sp³-hybridized carbons (Fsp3) is 0.400. The maximum atomic E-state index is 11.7. The van der Waals surface area contributed by atoms with Crippen LogP contribution in [-0.4, -0.2) is 9.96 Å². The van der Waals surface area contributed by atoms with Crippen LogP contribution in [0.15, 0.2) is 33.6 Å². The van der Waals surface area contributed by atoms with Gasteiger partial charge >= 0.3 is 0 Å². The minimum absolute atomic E-state index is 0.476. The van der Waals surface area contributed by atoms with Gasteiger partial charge in [0.2, 0.25) is 0 Å². The van der Waals surface area contributed by atoms with Crippen molar-refractivity contribution in [2.75, 3.05) is 5.75 Å². The predicted octanol–water partition coefficient (Wildman–Crippen LogP) is 3.21. The first-order chi connectivity index (χ1) is 6.09. The van der Waals surface area contributed by atoms with E-state index in [1.54, 1.807) is 0 Å². The molecule has 1 atom stereocenters. The van der Waals surface area contributed by atoms with Gasteiger partial charge in [-0.1, -0.05) is 29.8 Å². The van der Waals surface area contributed by atoms with E-state index in [1.165, 1.54) is 0 Å². The molecule has 0 aromatic heterocycles. The topological polar surface area (TPSA) is 17.1 Å². The molecule has 0 aliphatic heterocycles. The normalized spacial score (nSPS) is 13.2. The van der Waals surface area contributed by atoms with Crippen molar-refractivity contribution in [1.29, 1.82) is 0 Å². The number of rotatable bonds is 3. The lowest BCUT2D eigenvalue weighted by Gasteiger charge is -2.04. The highest BCUT2D eigenvalue weighted by Crippen LogP contribution is 2.14. The van der Waals surface area contributed by atoms with Crippen molar-refractivity contribution in [2.45, 2.75) is 18.7 Å². The number of hydrogen-bond donors (Lipinski definition) is 0. The molecular formula is C10H13BrOS. The first kappa shape index (κ1) is 10.9. The molecule has 0 radical (unpaired) electrons. The average molecular weight is 261 g/mol. The molecule has 0 saturated carbocycles. The van der Waals surface area contributed by atoms with E-state index >= 15 is 0 Å². The molecule has 0 aliphatic carbocycles. The van der Waals surface area contributed by atoms with Gasteiger partial charge < -0.3 is 0 Å². The summed E-state index contributed by atoms with van der Waals surface area (Å²) in [7, 11) is -0.843. The van der Waals surface area contributed by atoms with Gasteiger partial charge in [-0.2, -0.15) is 0 Å². The summed E-state index contributed by atoms with van der Waals surface area (Å²) in [6.07, 6.45) is 0. The van der Waals surface area contributed by atoms with Crippen molar-refractivity contribution in [1.82, 2.24) is 0 Å². The van der Waals surface area contributed by atoms with Crippen LogP contribution in [0.25, 0.3) is 0 Å². The lowest BCUT2D eigenvalue weighted by atomic mass is 10.3. The van der Waals surface area contributed by atoms with Crippen molar-refractivity contribution in [3.05, 3.63) is 28.7 Å². The molecule has 1 aromatic rings. The van der Waals surface area contributed by atoms with E-state index in [-0.39, 0.29) is 0 Å².